The largest absolute Gasteiger partial charge is 0.455 e. The van der Waals surface area contributed by atoms with Gasteiger partial charge in [-0.2, -0.15) is 0 Å². The van der Waals surface area contributed by atoms with E-state index in [0.29, 0.717) is 38.2 Å². The number of H-pyrrole nitrogens is 1. The van der Waals surface area contributed by atoms with Crippen LogP contribution in [0.3, 0.4) is 0 Å². The Bertz CT molecular complexity index is 1480. The van der Waals surface area contributed by atoms with E-state index in [4.69, 9.17) is 82.9 Å². The summed E-state index contributed by atoms with van der Waals surface area (Å²) in [6.07, 6.45) is 0. The molecule has 0 saturated carbocycles. The molecule has 0 atom stereocenters. The quantitative estimate of drug-likeness (QED) is 0.275. The number of aromatic nitrogens is 1. The maximum Gasteiger partial charge on any atom is 0.158 e. The van der Waals surface area contributed by atoms with Gasteiger partial charge in [-0.3, -0.25) is 0 Å². The van der Waals surface area contributed by atoms with Gasteiger partial charge in [-0.05, 0) is 5.39 Å². The fourth-order valence-electron chi connectivity index (χ4n) is 4.10. The van der Waals surface area contributed by atoms with E-state index in [1.165, 1.54) is 0 Å². The first kappa shape index (κ1) is 19.8. The molecule has 3 aromatic carbocycles. The Morgan fingerprint density at radius 2 is 0.767 bits per heavy atom. The molecule has 20 radical (unpaired) electrons. The number of furan rings is 1. The Kier molecular flexibility index (Phi) is 4.11. The van der Waals surface area contributed by atoms with Gasteiger partial charge in [0.25, 0.3) is 0 Å². The molecule has 0 bridgehead atoms. The highest BCUT2D eigenvalue weighted by Gasteiger charge is 2.23. The van der Waals surface area contributed by atoms with Gasteiger partial charge < -0.3 is 9.40 Å². The summed E-state index contributed by atoms with van der Waals surface area (Å²) in [5.74, 6) is 0. The first-order chi connectivity index (χ1) is 14.1. The lowest BCUT2D eigenvalue weighted by Gasteiger charge is -2.14. The van der Waals surface area contributed by atoms with Gasteiger partial charge in [-0.25, -0.2) is 0 Å². The second kappa shape index (κ2) is 6.22. The predicted octanol–water partition coefficient (Wildman–Crippen LogP) is -6.84. The molecule has 2 nitrogen and oxygen atoms in total. The van der Waals surface area contributed by atoms with Crippen molar-refractivity contribution in [2.24, 2.45) is 0 Å². The summed E-state index contributed by atoms with van der Waals surface area (Å²) in [6, 6.07) is 0. The Balaban J connectivity index is 2.16. The summed E-state index contributed by atoms with van der Waals surface area (Å²) in [5, 5.41) is 1.83. The standard InChI is InChI=1S/C18HB10NO/c19-5-2-1-6(20)9(23)11(25)13(27)15(1)29-16(2)18-4(7(5)21)3-8(22)10(24)12(26)14(28)17(3)30-18/h29H. The summed E-state index contributed by atoms with van der Waals surface area (Å²) in [4.78, 5) is 3.18. The van der Waals surface area contributed by atoms with Gasteiger partial charge in [0.05, 0.1) is 5.52 Å². The summed E-state index contributed by atoms with van der Waals surface area (Å²) < 4.78 is 6.07. The van der Waals surface area contributed by atoms with Gasteiger partial charge in [0.15, 0.2) is 5.58 Å². The van der Waals surface area contributed by atoms with E-state index in [-0.39, 0.29) is 60.2 Å². The average Bonchev–Trinajstić information content (AvgIpc) is 3.31. The van der Waals surface area contributed by atoms with Crippen LogP contribution in [0.15, 0.2) is 4.42 Å². The average molecular weight is 355 g/mol. The fraction of sp³-hybridized carbons (Fsp3) is 0. The minimum atomic E-state index is 0.118. The van der Waals surface area contributed by atoms with Crippen LogP contribution in [0, 0.1) is 0 Å². The van der Waals surface area contributed by atoms with Crippen molar-refractivity contribution in [3.63, 3.8) is 0 Å². The number of rotatable bonds is 0. The van der Waals surface area contributed by atoms with Crippen molar-refractivity contribution in [1.82, 2.24) is 4.98 Å². The van der Waals surface area contributed by atoms with Crippen molar-refractivity contribution in [2.75, 3.05) is 0 Å². The van der Waals surface area contributed by atoms with Gasteiger partial charge in [0, 0.05) is 21.7 Å². The molecule has 0 saturated heterocycles. The summed E-state index contributed by atoms with van der Waals surface area (Å²) in [7, 11) is 61.6. The molecule has 5 aromatic rings. The van der Waals surface area contributed by atoms with E-state index in [0.717, 1.165) is 0 Å². The van der Waals surface area contributed by atoms with E-state index in [9.17, 15) is 0 Å². The summed E-state index contributed by atoms with van der Waals surface area (Å²) in [5.41, 5.74) is 3.27. The van der Waals surface area contributed by atoms with Crippen LogP contribution in [0.5, 0.6) is 0 Å². The predicted molar refractivity (Wildman–Crippen MR) is 137 cm³/mol. The van der Waals surface area contributed by atoms with Crippen LogP contribution in [0.4, 0.5) is 0 Å². The van der Waals surface area contributed by atoms with Crippen LogP contribution in [-0.2, 0) is 0 Å². The van der Waals surface area contributed by atoms with Crippen LogP contribution in [0.1, 0.15) is 0 Å². The normalized spacial score (nSPS) is 12.0. The third kappa shape index (κ3) is 2.18. The van der Waals surface area contributed by atoms with Crippen molar-refractivity contribution >= 4 is 177 Å². The lowest BCUT2D eigenvalue weighted by molar-refractivity contribution is 0.675. The molecule has 0 amide bonds. The van der Waals surface area contributed by atoms with Gasteiger partial charge >= 0.3 is 0 Å². The fourth-order valence-corrected chi connectivity index (χ4v) is 4.10. The molecular formula is C18HB10NO. The second-order valence-electron chi connectivity index (χ2n) is 7.27. The van der Waals surface area contributed by atoms with Crippen LogP contribution in [-0.4, -0.2) is 83.4 Å². The topological polar surface area (TPSA) is 28.9 Å². The molecule has 114 valence electrons. The molecular weight excluding hydrogens is 354 g/mol. The molecule has 5 rings (SSSR count). The van der Waals surface area contributed by atoms with E-state index >= 15 is 0 Å². The Morgan fingerprint density at radius 3 is 1.40 bits per heavy atom. The number of benzene rings is 3. The zero-order valence-corrected chi connectivity index (χ0v) is 15.7. The van der Waals surface area contributed by atoms with Gasteiger partial charge in [-0.15, -0.1) is 21.9 Å². The molecule has 1 N–H and O–H groups in total. The summed E-state index contributed by atoms with van der Waals surface area (Å²) >= 11 is 0. The molecule has 12 heteroatoms. The maximum absolute atomic E-state index is 6.43. The highest BCUT2D eigenvalue weighted by atomic mass is 16.3. The van der Waals surface area contributed by atoms with Crippen LogP contribution >= 0.6 is 0 Å². The van der Waals surface area contributed by atoms with E-state index in [2.05, 4.69) is 4.98 Å². The minimum absolute atomic E-state index is 0.118. The monoisotopic (exact) mass is 357 g/mol. The smallest absolute Gasteiger partial charge is 0.158 e. The highest BCUT2D eigenvalue weighted by Crippen LogP contribution is 2.31. The van der Waals surface area contributed by atoms with Crippen LogP contribution in [0.2, 0.25) is 0 Å². The number of nitrogens with one attached hydrogen (secondary N) is 1. The number of aromatic amines is 1. The first-order valence-electron chi connectivity index (χ1n) is 8.79. The first-order valence-corrected chi connectivity index (χ1v) is 8.79. The molecule has 0 aliphatic carbocycles. The van der Waals surface area contributed by atoms with Crippen molar-refractivity contribution in [1.29, 1.82) is 0 Å². The third-order valence-corrected chi connectivity index (χ3v) is 5.76. The molecule has 0 fully saturated rings. The van der Waals surface area contributed by atoms with Gasteiger partial charge in [0.1, 0.15) is 84.0 Å². The Morgan fingerprint density at radius 1 is 0.367 bits per heavy atom. The molecule has 0 aliphatic heterocycles. The molecule has 2 heterocycles. The van der Waals surface area contributed by atoms with Crippen molar-refractivity contribution in [2.45, 2.75) is 0 Å². The molecule has 0 aliphatic rings. The molecule has 2 aromatic heterocycles. The SMILES string of the molecule is [B]c1c([B])c([B])c2c([nH]c3c4oc5c([B])c([B])c([B])c([B])c5c4c([B])c([B])c32)c1[B]. The highest BCUT2D eigenvalue weighted by molar-refractivity contribution is 6.71. The molecule has 0 spiro atoms. The number of hydrogen-bond donors (Lipinski definition) is 1. The molecule has 0 unspecified atom stereocenters. The third-order valence-electron chi connectivity index (χ3n) is 5.76. The Labute approximate surface area is 186 Å². The van der Waals surface area contributed by atoms with Gasteiger partial charge in [0.2, 0.25) is 0 Å². The minimum Gasteiger partial charge on any atom is -0.455 e. The number of hydrogen-bond acceptors (Lipinski definition) is 1. The lowest BCUT2D eigenvalue weighted by Crippen LogP contribution is -2.48. The second-order valence-corrected chi connectivity index (χ2v) is 7.27. The lowest BCUT2D eigenvalue weighted by atomic mass is 9.64. The van der Waals surface area contributed by atoms with Crippen LogP contribution < -0.4 is 54.6 Å². The zero-order chi connectivity index (χ0) is 21.8. The zero-order valence-electron chi connectivity index (χ0n) is 15.7. The van der Waals surface area contributed by atoms with Crippen molar-refractivity contribution in [3.8, 4) is 0 Å². The maximum atomic E-state index is 6.43. The van der Waals surface area contributed by atoms with Crippen molar-refractivity contribution < 1.29 is 4.42 Å². The van der Waals surface area contributed by atoms with Crippen molar-refractivity contribution in [3.05, 3.63) is 0 Å². The van der Waals surface area contributed by atoms with Crippen LogP contribution in [0.25, 0.3) is 43.7 Å². The van der Waals surface area contributed by atoms with E-state index in [1.807, 2.05) is 0 Å². The number of fused-ring (bicyclic) bond motifs is 7. The van der Waals surface area contributed by atoms with E-state index in [1.54, 1.807) is 0 Å². The summed E-state index contributed by atoms with van der Waals surface area (Å²) in [6.45, 7) is 0. The molecule has 30 heavy (non-hydrogen) atoms. The van der Waals surface area contributed by atoms with E-state index < -0.39 is 0 Å². The Hall–Kier alpha value is -2.09. The van der Waals surface area contributed by atoms with Gasteiger partial charge in [-0.1, -0.05) is 32.8 Å².